The molecule has 1 aromatic carbocycles. The molecule has 1 aliphatic rings. The summed E-state index contributed by atoms with van der Waals surface area (Å²) in [6.45, 7) is 30.9. The van der Waals surface area contributed by atoms with Crippen molar-refractivity contribution in [3.63, 3.8) is 0 Å². The van der Waals surface area contributed by atoms with Crippen LogP contribution in [-0.4, -0.2) is 46.5 Å². The lowest BCUT2D eigenvalue weighted by molar-refractivity contribution is 0.0848. The highest BCUT2D eigenvalue weighted by Crippen LogP contribution is 2.34. The first-order valence-electron chi connectivity index (χ1n) is 29.4. The maximum Gasteiger partial charge on any atom is 0.506 e. The molecule has 0 saturated carbocycles. The number of nitrogens with zero attached hydrogens (tertiary/aromatic N) is 2. The number of allylic oxidation sites excluding steroid dienone is 2. The molecule has 2 aromatic heterocycles. The highest BCUT2D eigenvalue weighted by molar-refractivity contribution is 5.87. The minimum absolute atomic E-state index is 0.253. The van der Waals surface area contributed by atoms with Crippen LogP contribution in [0.25, 0.3) is 22.3 Å². The molecule has 0 spiro atoms. The number of fused-ring (bicyclic) bond motifs is 4. The van der Waals surface area contributed by atoms with Gasteiger partial charge in [0.15, 0.2) is 0 Å². The number of rotatable bonds is 41. The van der Waals surface area contributed by atoms with Crippen LogP contribution in [0.15, 0.2) is 78.2 Å². The lowest BCUT2D eigenvalue weighted by Crippen LogP contribution is -2.33. The van der Waals surface area contributed by atoms with Crippen molar-refractivity contribution >= 4 is 22.7 Å². The summed E-state index contributed by atoms with van der Waals surface area (Å²) in [7, 11) is 0. The quantitative estimate of drug-likeness (QED) is 0.0187. The molecular formula is C63H104FN7O4. The fourth-order valence-electron chi connectivity index (χ4n) is 9.40. The van der Waals surface area contributed by atoms with Gasteiger partial charge >= 0.3 is 6.16 Å². The average molecular weight is 1040 g/mol. The molecule has 12 heteroatoms. The van der Waals surface area contributed by atoms with Gasteiger partial charge < -0.3 is 41.4 Å². The molecule has 1 aliphatic heterocycles. The van der Waals surface area contributed by atoms with Gasteiger partial charge in [0.25, 0.3) is 5.56 Å². The predicted octanol–water partition coefficient (Wildman–Crippen LogP) is 16.6. The summed E-state index contributed by atoms with van der Waals surface area (Å²) in [6, 6.07) is 6.49. The Morgan fingerprint density at radius 2 is 1.21 bits per heavy atom. The summed E-state index contributed by atoms with van der Waals surface area (Å²) < 4.78 is 21.7. The molecule has 3 aromatic rings. The lowest BCUT2D eigenvalue weighted by atomic mass is 10.0. The van der Waals surface area contributed by atoms with Crippen LogP contribution >= 0.6 is 0 Å². The standard InChI is InChI=1S/C58H90FN7O4.C3H8.C2H6/c1-43-36-55-56-50(41-66(55)57(67)51(43)42-70-58(68)69)37-49-38-54(52(59)39-53(49)65-56)64-48(6)47(5)63-46(4)40-62-45(3)33-31-32-44(2)61-35-30-28-26-24-22-20-18-16-14-12-10-8-7-9-11-13-15-17-19-21-23-25-27-29-34-60;1-3-2;1-2/h36-39,47,61-64H,2-4,6-35,40-42,60H2,1,5H3,(H,68,69);3H2,1-2H3;1-2H3. The van der Waals surface area contributed by atoms with Crippen LogP contribution in [-0.2, 0) is 17.9 Å². The van der Waals surface area contributed by atoms with Gasteiger partial charge in [-0.15, -0.1) is 0 Å². The Morgan fingerprint density at radius 3 is 1.71 bits per heavy atom. The number of anilines is 1. The summed E-state index contributed by atoms with van der Waals surface area (Å²) in [5.74, 6) is -0.490. The smallest absolute Gasteiger partial charge is 0.450 e. The Bertz CT molecular complexity index is 2200. The van der Waals surface area contributed by atoms with E-state index < -0.39 is 12.0 Å². The minimum atomic E-state index is -1.45. The zero-order valence-corrected chi connectivity index (χ0v) is 48.1. The van der Waals surface area contributed by atoms with E-state index in [1.807, 2.05) is 26.8 Å². The van der Waals surface area contributed by atoms with Crippen molar-refractivity contribution in [3.05, 3.63) is 106 Å². The first-order chi connectivity index (χ1) is 36.3. The number of nitrogens with one attached hydrogen (secondary N) is 4. The molecule has 1 unspecified atom stereocenters. The van der Waals surface area contributed by atoms with Gasteiger partial charge in [0, 0.05) is 46.3 Å². The predicted molar refractivity (Wildman–Crippen MR) is 318 cm³/mol. The highest BCUT2D eigenvalue weighted by Gasteiger charge is 2.25. The second kappa shape index (κ2) is 40.2. The molecule has 0 saturated heterocycles. The Kier molecular flexibility index (Phi) is 35.4. The van der Waals surface area contributed by atoms with Crippen LogP contribution in [0.5, 0.6) is 0 Å². The van der Waals surface area contributed by atoms with Crippen LogP contribution in [0.2, 0.25) is 0 Å². The molecule has 0 fully saturated rings. The largest absolute Gasteiger partial charge is 0.506 e. The molecule has 0 bridgehead atoms. The number of hydrogen-bond acceptors (Lipinski definition) is 9. The number of nitrogens with two attached hydrogens (primary N) is 1. The maximum atomic E-state index is 15.5. The van der Waals surface area contributed by atoms with Crippen LogP contribution in [0.1, 0.15) is 231 Å². The fraction of sp³-hybridized carbons (Fsp3) is 0.635. The molecule has 11 nitrogen and oxygen atoms in total. The minimum Gasteiger partial charge on any atom is -0.450 e. The highest BCUT2D eigenvalue weighted by atomic mass is 19.1. The Morgan fingerprint density at radius 1 is 0.733 bits per heavy atom. The van der Waals surface area contributed by atoms with Gasteiger partial charge in [-0.1, -0.05) is 202 Å². The van der Waals surface area contributed by atoms with Gasteiger partial charge in [-0.05, 0) is 76.3 Å². The van der Waals surface area contributed by atoms with E-state index >= 15 is 4.39 Å². The van der Waals surface area contributed by atoms with E-state index in [9.17, 15) is 9.59 Å². The number of hydrogen-bond donors (Lipinski definition) is 6. The van der Waals surface area contributed by atoms with Crippen molar-refractivity contribution in [3.8, 4) is 11.4 Å². The number of carboxylic acid groups (broad SMARTS) is 1. The van der Waals surface area contributed by atoms with Crippen molar-refractivity contribution in [1.82, 2.24) is 25.5 Å². The second-order valence-corrected chi connectivity index (χ2v) is 20.6. The molecule has 0 amide bonds. The Balaban J connectivity index is 0.00000371. The number of carbonyl (C=O) groups is 1. The molecule has 0 aliphatic carbocycles. The van der Waals surface area contributed by atoms with Crippen molar-refractivity contribution in [2.75, 3.05) is 25.0 Å². The summed E-state index contributed by atoms with van der Waals surface area (Å²) in [6.07, 6.45) is 35.7. The Labute approximate surface area is 454 Å². The van der Waals surface area contributed by atoms with Gasteiger partial charge in [0.05, 0.1) is 47.3 Å². The zero-order chi connectivity index (χ0) is 55.2. The topological polar surface area (TPSA) is 156 Å². The molecule has 7 N–H and O–H groups in total. The van der Waals surface area contributed by atoms with Crippen LogP contribution in [0, 0.1) is 12.7 Å². The molecule has 0 radical (unpaired) electrons. The first-order valence-corrected chi connectivity index (χ1v) is 29.4. The summed E-state index contributed by atoms with van der Waals surface area (Å²) in [5.41, 5.74) is 12.1. The monoisotopic (exact) mass is 1040 g/mol. The first kappa shape index (κ1) is 66.0. The van der Waals surface area contributed by atoms with Crippen LogP contribution in [0.3, 0.4) is 0 Å². The van der Waals surface area contributed by atoms with E-state index in [4.69, 9.17) is 15.8 Å². The lowest BCUT2D eigenvalue weighted by Gasteiger charge is -2.22. The van der Waals surface area contributed by atoms with Crippen molar-refractivity contribution in [2.45, 2.75) is 241 Å². The van der Waals surface area contributed by atoms with Crippen molar-refractivity contribution in [2.24, 2.45) is 5.73 Å². The molecule has 422 valence electrons. The van der Waals surface area contributed by atoms with E-state index in [-0.39, 0.29) is 36.0 Å². The second-order valence-electron chi connectivity index (χ2n) is 20.6. The van der Waals surface area contributed by atoms with Gasteiger partial charge in [0.2, 0.25) is 0 Å². The zero-order valence-electron chi connectivity index (χ0n) is 48.1. The Hall–Kier alpha value is -5.10. The molecule has 75 heavy (non-hydrogen) atoms. The van der Waals surface area contributed by atoms with Crippen LogP contribution in [0.4, 0.5) is 14.9 Å². The van der Waals surface area contributed by atoms with E-state index in [1.54, 1.807) is 23.6 Å². The van der Waals surface area contributed by atoms with Crippen LogP contribution < -0.4 is 32.6 Å². The number of aryl methyl sites for hydroxylation is 1. The van der Waals surface area contributed by atoms with E-state index in [2.05, 4.69) is 66.2 Å². The SMILES string of the molecule is C=C(CCCC(=C)NCC(=C)NC(C)C(=C)Nc1cc2cc3c(nc2cc1F)-c1cc(C)c(COC(=O)O)c(=O)n1C3)NCCCCCCCCCCCCCCCCCCCCCCCCCCN.CC.CCC. The van der Waals surface area contributed by atoms with Crippen molar-refractivity contribution in [1.29, 1.82) is 0 Å². The third-order valence-corrected chi connectivity index (χ3v) is 13.8. The third-order valence-electron chi connectivity index (χ3n) is 13.8. The number of halogens is 1. The number of benzene rings is 1. The fourth-order valence-corrected chi connectivity index (χ4v) is 9.40. The molecule has 1 atom stereocenters. The number of aromatic nitrogens is 2. The normalized spacial score (nSPS) is 11.6. The number of ether oxygens (including phenoxy) is 1. The van der Waals surface area contributed by atoms with Gasteiger partial charge in [-0.3, -0.25) is 4.79 Å². The summed E-state index contributed by atoms with van der Waals surface area (Å²) in [5, 5.41) is 23.0. The van der Waals surface area contributed by atoms with Gasteiger partial charge in [-0.25, -0.2) is 14.2 Å². The third kappa shape index (κ3) is 27.0. The van der Waals surface area contributed by atoms with Gasteiger partial charge in [0.1, 0.15) is 12.4 Å². The number of pyridine rings is 2. The number of unbranched alkanes of at least 4 members (excludes halogenated alkanes) is 23. The summed E-state index contributed by atoms with van der Waals surface area (Å²) >= 11 is 0. The molecular weight excluding hydrogens is 938 g/mol. The average Bonchev–Trinajstić information content (AvgIpc) is 3.73. The van der Waals surface area contributed by atoms with E-state index in [0.717, 1.165) is 55.0 Å². The molecule has 3 heterocycles. The summed E-state index contributed by atoms with van der Waals surface area (Å²) in [4.78, 5) is 28.9. The molecule has 4 rings (SSSR count). The van der Waals surface area contributed by atoms with E-state index in [1.165, 1.54) is 167 Å². The van der Waals surface area contributed by atoms with Crippen molar-refractivity contribution < 1.29 is 19.0 Å². The van der Waals surface area contributed by atoms with E-state index in [0.29, 0.717) is 40.1 Å². The maximum absolute atomic E-state index is 15.5. The van der Waals surface area contributed by atoms with Gasteiger partial charge in [-0.2, -0.15) is 0 Å².